The topological polar surface area (TPSA) is 55.6 Å². The van der Waals surface area contributed by atoms with Crippen LogP contribution in [-0.4, -0.2) is 32.3 Å². The third-order valence-corrected chi connectivity index (χ3v) is 3.39. The molecule has 5 heteroatoms. The lowest BCUT2D eigenvalue weighted by Gasteiger charge is -2.08. The van der Waals surface area contributed by atoms with Gasteiger partial charge in [-0.3, -0.25) is 4.57 Å². The molecule has 1 N–H and O–H groups in total. The van der Waals surface area contributed by atoms with Crippen LogP contribution >= 0.6 is 0 Å². The molecule has 1 saturated heterocycles. The van der Waals surface area contributed by atoms with Crippen LogP contribution in [0.4, 0.5) is 0 Å². The molecular formula is C13H17N5. The molecule has 18 heavy (non-hydrogen) atoms. The summed E-state index contributed by atoms with van der Waals surface area (Å²) in [6, 6.07) is 4.71. The SMILES string of the molecule is c1cn(-c2ccc(CCC3CCCN3)nn2)cn1. The molecule has 0 bridgehead atoms. The van der Waals surface area contributed by atoms with E-state index in [4.69, 9.17) is 0 Å². The molecule has 0 amide bonds. The summed E-state index contributed by atoms with van der Waals surface area (Å²) in [5.74, 6) is 0.815. The number of hydrogen-bond donors (Lipinski definition) is 1. The van der Waals surface area contributed by atoms with Gasteiger partial charge in [0.1, 0.15) is 6.33 Å². The fourth-order valence-corrected chi connectivity index (χ4v) is 2.34. The van der Waals surface area contributed by atoms with Gasteiger partial charge in [0.2, 0.25) is 0 Å². The van der Waals surface area contributed by atoms with Gasteiger partial charge in [0.05, 0.1) is 5.69 Å². The zero-order valence-corrected chi connectivity index (χ0v) is 10.3. The largest absolute Gasteiger partial charge is 0.314 e. The highest BCUT2D eigenvalue weighted by molar-refractivity contribution is 5.21. The van der Waals surface area contributed by atoms with E-state index in [2.05, 4.69) is 26.6 Å². The monoisotopic (exact) mass is 243 g/mol. The number of aryl methyl sites for hydroxylation is 1. The van der Waals surface area contributed by atoms with E-state index in [0.717, 1.165) is 30.9 Å². The normalized spacial score (nSPS) is 19.2. The lowest BCUT2D eigenvalue weighted by molar-refractivity contribution is 0.553. The summed E-state index contributed by atoms with van der Waals surface area (Å²) in [6.07, 6.45) is 10.1. The average Bonchev–Trinajstić information content (AvgIpc) is 3.10. The summed E-state index contributed by atoms with van der Waals surface area (Å²) in [6.45, 7) is 1.16. The quantitative estimate of drug-likeness (QED) is 0.880. The van der Waals surface area contributed by atoms with Crippen LogP contribution in [0.5, 0.6) is 0 Å². The first-order valence-corrected chi connectivity index (χ1v) is 6.46. The summed E-state index contributed by atoms with van der Waals surface area (Å²) in [4.78, 5) is 4.00. The van der Waals surface area contributed by atoms with Crippen LogP contribution in [0.2, 0.25) is 0 Å². The van der Waals surface area contributed by atoms with Gasteiger partial charge in [-0.15, -0.1) is 5.10 Å². The van der Waals surface area contributed by atoms with E-state index in [1.54, 1.807) is 12.5 Å². The molecule has 0 saturated carbocycles. The fraction of sp³-hybridized carbons (Fsp3) is 0.462. The Bertz CT molecular complexity index is 471. The van der Waals surface area contributed by atoms with Crippen molar-refractivity contribution < 1.29 is 0 Å². The van der Waals surface area contributed by atoms with Crippen molar-refractivity contribution in [2.45, 2.75) is 31.7 Å². The Kier molecular flexibility index (Phi) is 3.32. The smallest absolute Gasteiger partial charge is 0.160 e. The predicted molar refractivity (Wildman–Crippen MR) is 68.5 cm³/mol. The van der Waals surface area contributed by atoms with Gasteiger partial charge in [-0.25, -0.2) is 4.98 Å². The van der Waals surface area contributed by atoms with Gasteiger partial charge in [0, 0.05) is 18.4 Å². The first kappa shape index (κ1) is 11.3. The molecule has 3 heterocycles. The minimum absolute atomic E-state index is 0.667. The Morgan fingerprint density at radius 1 is 1.33 bits per heavy atom. The van der Waals surface area contributed by atoms with Gasteiger partial charge in [-0.05, 0) is 44.4 Å². The zero-order chi connectivity index (χ0) is 12.2. The second kappa shape index (κ2) is 5.27. The summed E-state index contributed by atoms with van der Waals surface area (Å²) in [5.41, 5.74) is 1.06. The minimum Gasteiger partial charge on any atom is -0.314 e. The molecule has 3 rings (SSSR count). The van der Waals surface area contributed by atoms with E-state index in [1.807, 2.05) is 16.8 Å². The van der Waals surface area contributed by atoms with Gasteiger partial charge in [0.25, 0.3) is 0 Å². The highest BCUT2D eigenvalue weighted by atomic mass is 15.2. The maximum atomic E-state index is 4.27. The molecule has 5 nitrogen and oxygen atoms in total. The molecule has 1 fully saturated rings. The first-order chi connectivity index (χ1) is 8.92. The van der Waals surface area contributed by atoms with Crippen molar-refractivity contribution in [2.24, 2.45) is 0 Å². The van der Waals surface area contributed by atoms with Crippen LogP contribution < -0.4 is 5.32 Å². The number of rotatable bonds is 4. The van der Waals surface area contributed by atoms with E-state index in [0.29, 0.717) is 6.04 Å². The van der Waals surface area contributed by atoms with Crippen molar-refractivity contribution in [3.05, 3.63) is 36.5 Å². The van der Waals surface area contributed by atoms with E-state index < -0.39 is 0 Å². The molecule has 0 aliphatic carbocycles. The van der Waals surface area contributed by atoms with Gasteiger partial charge in [0.15, 0.2) is 5.82 Å². The Morgan fingerprint density at radius 3 is 3.00 bits per heavy atom. The van der Waals surface area contributed by atoms with Crippen molar-refractivity contribution in [1.29, 1.82) is 0 Å². The summed E-state index contributed by atoms with van der Waals surface area (Å²) in [7, 11) is 0. The average molecular weight is 243 g/mol. The van der Waals surface area contributed by atoms with Crippen molar-refractivity contribution in [1.82, 2.24) is 25.1 Å². The van der Waals surface area contributed by atoms with Crippen LogP contribution in [-0.2, 0) is 6.42 Å². The molecule has 1 aliphatic heterocycles. The molecule has 0 aromatic carbocycles. The summed E-state index contributed by atoms with van der Waals surface area (Å²) in [5, 5.41) is 12.0. The Labute approximate surface area is 106 Å². The highest BCUT2D eigenvalue weighted by Crippen LogP contribution is 2.12. The predicted octanol–water partition coefficient (Wildman–Crippen LogP) is 1.35. The van der Waals surface area contributed by atoms with E-state index in [1.165, 1.54) is 12.8 Å². The van der Waals surface area contributed by atoms with Crippen LogP contribution in [0, 0.1) is 0 Å². The Morgan fingerprint density at radius 2 is 2.33 bits per heavy atom. The minimum atomic E-state index is 0.667. The molecule has 0 spiro atoms. The molecule has 2 aromatic heterocycles. The number of hydrogen-bond acceptors (Lipinski definition) is 4. The molecule has 94 valence electrons. The lowest BCUT2D eigenvalue weighted by atomic mass is 10.1. The van der Waals surface area contributed by atoms with Gasteiger partial charge in [-0.2, -0.15) is 5.10 Å². The third kappa shape index (κ3) is 2.56. The Hall–Kier alpha value is -1.75. The second-order valence-corrected chi connectivity index (χ2v) is 4.68. The van der Waals surface area contributed by atoms with Crippen molar-refractivity contribution >= 4 is 0 Å². The lowest BCUT2D eigenvalue weighted by Crippen LogP contribution is -2.21. The second-order valence-electron chi connectivity index (χ2n) is 4.68. The van der Waals surface area contributed by atoms with Gasteiger partial charge < -0.3 is 5.32 Å². The molecule has 1 aliphatic rings. The third-order valence-electron chi connectivity index (χ3n) is 3.39. The van der Waals surface area contributed by atoms with E-state index in [-0.39, 0.29) is 0 Å². The number of imidazole rings is 1. The number of nitrogens with zero attached hydrogens (tertiary/aromatic N) is 4. The number of aromatic nitrogens is 4. The van der Waals surface area contributed by atoms with Crippen molar-refractivity contribution in [3.8, 4) is 5.82 Å². The summed E-state index contributed by atoms with van der Waals surface area (Å²) >= 11 is 0. The standard InChI is InChI=1S/C13H17N5/c1-2-11(15-7-1)3-4-12-5-6-13(17-16-12)18-9-8-14-10-18/h5-6,8-11,15H,1-4,7H2. The molecule has 2 aromatic rings. The zero-order valence-electron chi connectivity index (χ0n) is 10.3. The van der Waals surface area contributed by atoms with Crippen LogP contribution in [0.15, 0.2) is 30.9 Å². The summed E-state index contributed by atoms with van der Waals surface area (Å²) < 4.78 is 1.86. The van der Waals surface area contributed by atoms with Crippen molar-refractivity contribution in [2.75, 3.05) is 6.54 Å². The molecule has 1 atom stereocenters. The maximum absolute atomic E-state index is 4.27. The number of nitrogens with one attached hydrogen (secondary N) is 1. The molecular weight excluding hydrogens is 226 g/mol. The molecule has 0 radical (unpaired) electrons. The fourth-order valence-electron chi connectivity index (χ4n) is 2.34. The van der Waals surface area contributed by atoms with Gasteiger partial charge >= 0.3 is 0 Å². The van der Waals surface area contributed by atoms with E-state index >= 15 is 0 Å². The van der Waals surface area contributed by atoms with E-state index in [9.17, 15) is 0 Å². The Balaban J connectivity index is 1.60. The van der Waals surface area contributed by atoms with Crippen LogP contribution in [0.3, 0.4) is 0 Å². The highest BCUT2D eigenvalue weighted by Gasteiger charge is 2.13. The van der Waals surface area contributed by atoms with Gasteiger partial charge in [-0.1, -0.05) is 0 Å². The molecule has 1 unspecified atom stereocenters. The van der Waals surface area contributed by atoms with Crippen LogP contribution in [0.1, 0.15) is 25.0 Å². The first-order valence-electron chi connectivity index (χ1n) is 6.46. The van der Waals surface area contributed by atoms with Crippen molar-refractivity contribution in [3.63, 3.8) is 0 Å². The maximum Gasteiger partial charge on any atom is 0.160 e. The van der Waals surface area contributed by atoms with Crippen LogP contribution in [0.25, 0.3) is 5.82 Å².